The minimum absolute atomic E-state index is 0.0441. The van der Waals surface area contributed by atoms with Gasteiger partial charge in [-0.05, 0) is 12.1 Å². The van der Waals surface area contributed by atoms with Gasteiger partial charge >= 0.3 is 0 Å². The number of nitrogens with zero attached hydrogens (tertiary/aromatic N) is 2. The molecule has 0 saturated heterocycles. The number of ether oxygens (including phenoxy) is 2. The van der Waals surface area contributed by atoms with Gasteiger partial charge in [-0.2, -0.15) is 5.26 Å². The second-order valence-corrected chi connectivity index (χ2v) is 4.62. The Morgan fingerprint density at radius 3 is 2.65 bits per heavy atom. The largest absolute Gasteiger partial charge is 0.454 e. The van der Waals surface area contributed by atoms with E-state index in [2.05, 4.69) is 5.32 Å². The van der Waals surface area contributed by atoms with E-state index in [4.69, 9.17) is 24.9 Å². The molecule has 1 aliphatic rings. The summed E-state index contributed by atoms with van der Waals surface area (Å²) in [4.78, 5) is 13.4. The lowest BCUT2D eigenvalue weighted by atomic mass is 10.2. The van der Waals surface area contributed by atoms with Crippen LogP contribution in [-0.4, -0.2) is 54.1 Å². The number of nitriles is 1. The monoisotopic (exact) mass is 319 g/mol. The summed E-state index contributed by atoms with van der Waals surface area (Å²) < 4.78 is 10.4. The zero-order valence-corrected chi connectivity index (χ0v) is 12.4. The quantitative estimate of drug-likeness (QED) is 0.480. The topological polar surface area (TPSA) is 115 Å². The van der Waals surface area contributed by atoms with Gasteiger partial charge in [0.2, 0.25) is 6.79 Å². The van der Waals surface area contributed by atoms with E-state index in [1.165, 1.54) is 11.1 Å². The molecule has 0 aliphatic carbocycles. The average molecular weight is 319 g/mol. The molecule has 122 valence electrons. The number of benzene rings is 1. The van der Waals surface area contributed by atoms with Gasteiger partial charge in [-0.3, -0.25) is 4.79 Å². The van der Waals surface area contributed by atoms with Gasteiger partial charge < -0.3 is 29.9 Å². The molecule has 8 nitrogen and oxygen atoms in total. The van der Waals surface area contributed by atoms with Gasteiger partial charge in [0, 0.05) is 31.0 Å². The number of hydrogen-bond acceptors (Lipinski definition) is 7. The maximum Gasteiger partial charge on any atom is 0.266 e. The summed E-state index contributed by atoms with van der Waals surface area (Å²) in [6.45, 7) is -0.251. The molecule has 0 aromatic heterocycles. The van der Waals surface area contributed by atoms with Gasteiger partial charge in [0.1, 0.15) is 11.6 Å². The van der Waals surface area contributed by atoms with Crippen molar-refractivity contribution in [2.45, 2.75) is 0 Å². The van der Waals surface area contributed by atoms with Crippen LogP contribution in [0.2, 0.25) is 0 Å². The summed E-state index contributed by atoms with van der Waals surface area (Å²) in [7, 11) is 0. The summed E-state index contributed by atoms with van der Waals surface area (Å²) in [5, 5.41) is 29.9. The first kappa shape index (κ1) is 16.6. The maximum atomic E-state index is 12.2. The lowest BCUT2D eigenvalue weighted by Gasteiger charge is -2.20. The fraction of sp³-hybridized carbons (Fsp3) is 0.333. The first-order chi connectivity index (χ1) is 11.2. The van der Waals surface area contributed by atoms with Gasteiger partial charge in [-0.15, -0.1) is 0 Å². The van der Waals surface area contributed by atoms with Gasteiger partial charge in [0.15, 0.2) is 11.5 Å². The van der Waals surface area contributed by atoms with Crippen LogP contribution >= 0.6 is 0 Å². The highest BCUT2D eigenvalue weighted by molar-refractivity contribution is 5.97. The van der Waals surface area contributed by atoms with Crippen LogP contribution in [0.5, 0.6) is 11.5 Å². The molecule has 1 aliphatic heterocycles. The molecular weight excluding hydrogens is 302 g/mol. The Bertz CT molecular complexity index is 632. The standard InChI is InChI=1S/C15H17N3O5/c16-8-11(15(21)18(3-5-19)4-6-20)9-17-12-1-2-13-14(7-12)23-10-22-13/h1-2,7,9,17,19-20H,3-6,10H2/b11-9-. The number of carbonyl (C=O) groups is 1. The molecule has 8 heteroatoms. The number of nitrogens with one attached hydrogen (secondary N) is 1. The number of aliphatic hydroxyl groups excluding tert-OH is 2. The Balaban J connectivity index is 2.09. The van der Waals surface area contributed by atoms with Gasteiger partial charge in [0.05, 0.1) is 13.2 Å². The van der Waals surface area contributed by atoms with Crippen molar-refractivity contribution in [2.24, 2.45) is 0 Å². The predicted molar refractivity (Wildman–Crippen MR) is 80.6 cm³/mol. The number of hydrogen-bond donors (Lipinski definition) is 3. The number of fused-ring (bicyclic) bond motifs is 1. The van der Waals surface area contributed by atoms with E-state index in [9.17, 15) is 4.79 Å². The summed E-state index contributed by atoms with van der Waals surface area (Å²) in [6.07, 6.45) is 1.28. The van der Waals surface area contributed by atoms with E-state index >= 15 is 0 Å². The SMILES string of the molecule is N#C/C(=C/Nc1ccc2c(c1)OCO2)C(=O)N(CCO)CCO. The lowest BCUT2D eigenvalue weighted by Crippen LogP contribution is -2.36. The molecule has 0 saturated carbocycles. The van der Waals surface area contributed by atoms with Crippen molar-refractivity contribution >= 4 is 11.6 Å². The molecule has 1 amide bonds. The van der Waals surface area contributed by atoms with Crippen LogP contribution in [0.15, 0.2) is 30.0 Å². The molecule has 2 rings (SSSR count). The van der Waals surface area contributed by atoms with Crippen molar-refractivity contribution < 1.29 is 24.5 Å². The third-order valence-electron chi connectivity index (χ3n) is 3.13. The number of anilines is 1. The number of carbonyl (C=O) groups excluding carboxylic acids is 1. The van der Waals surface area contributed by atoms with Crippen LogP contribution in [0.3, 0.4) is 0 Å². The third kappa shape index (κ3) is 4.12. The van der Waals surface area contributed by atoms with Gasteiger partial charge in [-0.1, -0.05) is 0 Å². The minimum Gasteiger partial charge on any atom is -0.454 e. The summed E-state index contributed by atoms with van der Waals surface area (Å²) >= 11 is 0. The van der Waals surface area contributed by atoms with Gasteiger partial charge in [-0.25, -0.2) is 0 Å². The number of amides is 1. The highest BCUT2D eigenvalue weighted by Crippen LogP contribution is 2.34. The lowest BCUT2D eigenvalue weighted by molar-refractivity contribution is -0.127. The van der Waals surface area contributed by atoms with Crippen LogP contribution in [0.25, 0.3) is 0 Å². The van der Waals surface area contributed by atoms with Crippen molar-refractivity contribution in [1.29, 1.82) is 5.26 Å². The molecule has 0 spiro atoms. The summed E-state index contributed by atoms with van der Waals surface area (Å²) in [6, 6.07) is 6.95. The molecular formula is C15H17N3O5. The van der Waals surface area contributed by atoms with Crippen LogP contribution < -0.4 is 14.8 Å². The van der Waals surface area contributed by atoms with Crippen molar-refractivity contribution in [3.8, 4) is 17.6 Å². The highest BCUT2D eigenvalue weighted by Gasteiger charge is 2.18. The molecule has 3 N–H and O–H groups in total. The summed E-state index contributed by atoms with van der Waals surface area (Å²) in [5.74, 6) is 0.646. The Morgan fingerprint density at radius 1 is 1.30 bits per heavy atom. The molecule has 1 aromatic carbocycles. The smallest absolute Gasteiger partial charge is 0.266 e. The molecule has 0 atom stereocenters. The first-order valence-corrected chi connectivity index (χ1v) is 6.97. The van der Waals surface area contributed by atoms with Crippen molar-refractivity contribution in [3.05, 3.63) is 30.0 Å². The van der Waals surface area contributed by atoms with Crippen LogP contribution in [0.1, 0.15) is 0 Å². The Kier molecular flexibility index (Phi) is 5.80. The van der Waals surface area contributed by atoms with Crippen LogP contribution in [-0.2, 0) is 4.79 Å². The third-order valence-corrected chi connectivity index (χ3v) is 3.13. The van der Waals surface area contributed by atoms with E-state index in [0.717, 1.165) is 0 Å². The van der Waals surface area contributed by atoms with E-state index < -0.39 is 5.91 Å². The average Bonchev–Trinajstić information content (AvgIpc) is 3.02. The second kappa shape index (κ2) is 8.03. The molecule has 0 unspecified atom stereocenters. The van der Waals surface area contributed by atoms with E-state index in [1.54, 1.807) is 18.2 Å². The minimum atomic E-state index is -0.566. The molecule has 23 heavy (non-hydrogen) atoms. The van der Waals surface area contributed by atoms with E-state index in [0.29, 0.717) is 17.2 Å². The highest BCUT2D eigenvalue weighted by atomic mass is 16.7. The van der Waals surface area contributed by atoms with Crippen LogP contribution in [0, 0.1) is 11.3 Å². The van der Waals surface area contributed by atoms with E-state index in [1.807, 2.05) is 6.07 Å². The summed E-state index contributed by atoms with van der Waals surface area (Å²) in [5.41, 5.74) is 0.496. The van der Waals surface area contributed by atoms with E-state index in [-0.39, 0.29) is 38.7 Å². The molecule has 1 aromatic rings. The van der Waals surface area contributed by atoms with Crippen molar-refractivity contribution in [2.75, 3.05) is 38.4 Å². The molecule has 0 fully saturated rings. The molecule has 0 bridgehead atoms. The van der Waals surface area contributed by atoms with Crippen LogP contribution in [0.4, 0.5) is 5.69 Å². The Labute approximate surface area is 133 Å². The second-order valence-electron chi connectivity index (χ2n) is 4.62. The molecule has 1 heterocycles. The number of rotatable bonds is 7. The normalized spacial score (nSPS) is 12.7. The van der Waals surface area contributed by atoms with Crippen molar-refractivity contribution in [1.82, 2.24) is 4.90 Å². The van der Waals surface area contributed by atoms with Gasteiger partial charge in [0.25, 0.3) is 5.91 Å². The Morgan fingerprint density at radius 2 is 2.00 bits per heavy atom. The fourth-order valence-electron chi connectivity index (χ4n) is 2.01. The zero-order valence-electron chi connectivity index (χ0n) is 12.4. The number of aliphatic hydroxyl groups is 2. The van der Waals surface area contributed by atoms with Crippen molar-refractivity contribution in [3.63, 3.8) is 0 Å². The zero-order chi connectivity index (χ0) is 16.7. The maximum absolute atomic E-state index is 12.2. The predicted octanol–water partition coefficient (Wildman–Crippen LogP) is 0.0479. The Hall–Kier alpha value is -2.76. The molecule has 0 radical (unpaired) electrons. The first-order valence-electron chi connectivity index (χ1n) is 6.97. The fourth-order valence-corrected chi connectivity index (χ4v) is 2.01.